The Morgan fingerprint density at radius 2 is 1.73 bits per heavy atom. The molecular formula is C7H9Cl2OP. The van der Waals surface area contributed by atoms with Gasteiger partial charge in [-0.2, -0.15) is 0 Å². The summed E-state index contributed by atoms with van der Waals surface area (Å²) in [6.45, 7) is 0. The summed E-state index contributed by atoms with van der Waals surface area (Å²) in [7, 11) is 0. The molecule has 0 aliphatic carbocycles. The molecule has 0 spiro atoms. The van der Waals surface area contributed by atoms with Crippen LogP contribution in [0.1, 0.15) is 5.56 Å². The molecule has 0 fully saturated rings. The van der Waals surface area contributed by atoms with E-state index in [0.29, 0.717) is 6.16 Å². The first-order chi connectivity index (χ1) is 5.08. The minimum absolute atomic E-state index is 0.386. The average molecular weight is 211 g/mol. The Balaban J connectivity index is 2.66. The molecule has 4 heteroatoms. The van der Waals surface area contributed by atoms with Crippen LogP contribution in [0.4, 0.5) is 0 Å². The van der Waals surface area contributed by atoms with E-state index in [2.05, 4.69) is 0 Å². The maximum absolute atomic E-state index is 9.14. The third kappa shape index (κ3) is 3.93. The second kappa shape index (κ2) is 3.73. The van der Waals surface area contributed by atoms with E-state index in [9.17, 15) is 0 Å². The molecular weight excluding hydrogens is 202 g/mol. The van der Waals surface area contributed by atoms with Crippen molar-refractivity contribution in [3.8, 4) is 0 Å². The van der Waals surface area contributed by atoms with Crippen LogP contribution in [0.15, 0.2) is 30.3 Å². The fourth-order valence-electron chi connectivity index (χ4n) is 0.841. The Labute approximate surface area is 76.0 Å². The average Bonchev–Trinajstić information content (AvgIpc) is 1.85. The molecule has 0 heterocycles. The van der Waals surface area contributed by atoms with Crippen LogP contribution in [-0.2, 0) is 6.16 Å². The molecule has 0 amide bonds. The normalized spacial score (nSPS) is 13.0. The van der Waals surface area contributed by atoms with Crippen molar-refractivity contribution >= 4 is 28.7 Å². The minimum atomic E-state index is -2.95. The molecule has 0 aromatic heterocycles. The first kappa shape index (κ1) is 9.28. The molecule has 1 rings (SSSR count). The summed E-state index contributed by atoms with van der Waals surface area (Å²) >= 11 is 11.1. The molecule has 1 aromatic carbocycles. The quantitative estimate of drug-likeness (QED) is 0.745. The zero-order chi connectivity index (χ0) is 8.32. The van der Waals surface area contributed by atoms with Gasteiger partial charge in [-0.15, -0.1) is 0 Å². The van der Waals surface area contributed by atoms with Crippen LogP contribution in [0.3, 0.4) is 0 Å². The van der Waals surface area contributed by atoms with Gasteiger partial charge in [0.05, 0.1) is 0 Å². The molecule has 0 saturated carbocycles. The Kier molecular flexibility index (Phi) is 3.15. The van der Waals surface area contributed by atoms with Crippen LogP contribution >= 0.6 is 28.7 Å². The van der Waals surface area contributed by atoms with Crippen molar-refractivity contribution < 1.29 is 4.89 Å². The molecule has 0 atom stereocenters. The van der Waals surface area contributed by atoms with Gasteiger partial charge < -0.3 is 0 Å². The van der Waals surface area contributed by atoms with Crippen LogP contribution in [0.25, 0.3) is 0 Å². The maximum atomic E-state index is 9.14. The van der Waals surface area contributed by atoms with Crippen molar-refractivity contribution in [1.82, 2.24) is 0 Å². The first-order valence-electron chi connectivity index (χ1n) is 3.22. The Morgan fingerprint density at radius 3 is 2.18 bits per heavy atom. The molecule has 0 bridgehead atoms. The van der Waals surface area contributed by atoms with E-state index >= 15 is 0 Å². The molecule has 1 aromatic rings. The van der Waals surface area contributed by atoms with Crippen molar-refractivity contribution in [2.45, 2.75) is 6.16 Å². The predicted octanol–water partition coefficient (Wildman–Crippen LogP) is 3.15. The van der Waals surface area contributed by atoms with Crippen molar-refractivity contribution in [1.29, 1.82) is 0 Å². The van der Waals surface area contributed by atoms with Crippen molar-refractivity contribution in [2.75, 3.05) is 0 Å². The summed E-state index contributed by atoms with van der Waals surface area (Å²) in [4.78, 5) is 9.14. The van der Waals surface area contributed by atoms with E-state index in [1.165, 1.54) is 0 Å². The van der Waals surface area contributed by atoms with Gasteiger partial charge in [0.25, 0.3) is 0 Å². The Morgan fingerprint density at radius 1 is 1.18 bits per heavy atom. The van der Waals surface area contributed by atoms with Gasteiger partial charge in [-0.25, -0.2) is 0 Å². The van der Waals surface area contributed by atoms with Crippen LogP contribution < -0.4 is 0 Å². The molecule has 0 unspecified atom stereocenters. The number of rotatable bonds is 2. The monoisotopic (exact) mass is 210 g/mol. The predicted molar refractivity (Wildman–Crippen MR) is 52.4 cm³/mol. The van der Waals surface area contributed by atoms with E-state index in [4.69, 9.17) is 27.4 Å². The number of hydrogen-bond donors (Lipinski definition) is 1. The van der Waals surface area contributed by atoms with Crippen molar-refractivity contribution in [2.24, 2.45) is 0 Å². The second-order valence-electron chi connectivity index (χ2n) is 2.33. The molecule has 62 valence electrons. The molecule has 0 radical (unpaired) electrons. The van der Waals surface area contributed by atoms with Gasteiger partial charge in [0.15, 0.2) is 0 Å². The summed E-state index contributed by atoms with van der Waals surface area (Å²) in [5, 5.41) is 0. The van der Waals surface area contributed by atoms with Gasteiger partial charge >= 0.3 is 75.6 Å². The van der Waals surface area contributed by atoms with Gasteiger partial charge in [-0.3, -0.25) is 0 Å². The fraction of sp³-hybridized carbons (Fsp3) is 0.143. The van der Waals surface area contributed by atoms with E-state index in [0.717, 1.165) is 5.56 Å². The van der Waals surface area contributed by atoms with Gasteiger partial charge in [0.1, 0.15) is 0 Å². The fourth-order valence-corrected chi connectivity index (χ4v) is 2.49. The number of benzene rings is 1. The summed E-state index contributed by atoms with van der Waals surface area (Å²) in [5.41, 5.74) is 0.978. The molecule has 1 nitrogen and oxygen atoms in total. The zero-order valence-electron chi connectivity index (χ0n) is 5.80. The number of halogens is 2. The molecule has 0 aliphatic rings. The van der Waals surface area contributed by atoms with Crippen LogP contribution in [0, 0.1) is 0 Å². The van der Waals surface area contributed by atoms with E-state index in [1.54, 1.807) is 0 Å². The van der Waals surface area contributed by atoms with Gasteiger partial charge in [0, 0.05) is 0 Å². The van der Waals surface area contributed by atoms with Gasteiger partial charge in [0.2, 0.25) is 0 Å². The molecule has 11 heavy (non-hydrogen) atoms. The van der Waals surface area contributed by atoms with Crippen LogP contribution in [-0.4, -0.2) is 4.89 Å². The summed E-state index contributed by atoms with van der Waals surface area (Å²) in [6, 6.07) is 9.48. The zero-order valence-corrected chi connectivity index (χ0v) is 8.31. The number of hydrogen-bond acceptors (Lipinski definition) is 1. The van der Waals surface area contributed by atoms with Crippen LogP contribution in [0.2, 0.25) is 0 Å². The summed E-state index contributed by atoms with van der Waals surface area (Å²) < 4.78 is 0. The second-order valence-corrected chi connectivity index (χ2v) is 8.35. The summed E-state index contributed by atoms with van der Waals surface area (Å²) in [6.07, 6.45) is -2.57. The third-order valence-corrected chi connectivity index (χ3v) is 2.90. The third-order valence-electron chi connectivity index (χ3n) is 1.26. The van der Waals surface area contributed by atoms with Crippen LogP contribution in [0.5, 0.6) is 0 Å². The first-order valence-corrected chi connectivity index (χ1v) is 7.40. The standard InChI is InChI=1S/C7H9Cl2OP/c8-11(9,10)6-7-4-2-1-3-5-7/h1-5,10-11H,6H2. The van der Waals surface area contributed by atoms with Gasteiger partial charge in [-0.05, 0) is 0 Å². The SMILES string of the molecule is O[PH](Cl)(Cl)Cc1ccccc1. The van der Waals surface area contributed by atoms with E-state index < -0.39 is 6.19 Å². The van der Waals surface area contributed by atoms with Crippen molar-refractivity contribution in [3.05, 3.63) is 35.9 Å². The molecule has 1 N–H and O–H groups in total. The summed E-state index contributed by atoms with van der Waals surface area (Å²) in [5.74, 6) is 0. The van der Waals surface area contributed by atoms with E-state index in [1.807, 2.05) is 30.3 Å². The Bertz CT molecular complexity index is 220. The van der Waals surface area contributed by atoms with Gasteiger partial charge in [-0.1, -0.05) is 0 Å². The molecule has 0 aliphatic heterocycles. The van der Waals surface area contributed by atoms with Crippen molar-refractivity contribution in [3.63, 3.8) is 0 Å². The topological polar surface area (TPSA) is 20.2 Å². The Hall–Kier alpha value is 0.190. The molecule has 0 saturated heterocycles. The van der Waals surface area contributed by atoms with E-state index in [-0.39, 0.29) is 0 Å².